The summed E-state index contributed by atoms with van der Waals surface area (Å²) in [5.41, 5.74) is 0. The summed E-state index contributed by atoms with van der Waals surface area (Å²) in [6.07, 6.45) is 3.48. The van der Waals surface area contributed by atoms with Crippen molar-refractivity contribution in [3.8, 4) is 0 Å². The predicted molar refractivity (Wildman–Crippen MR) is 89.1 cm³/mol. The Bertz CT molecular complexity index is 578. The third kappa shape index (κ3) is 3.53. The van der Waals surface area contributed by atoms with Crippen LogP contribution >= 0.6 is 11.3 Å². The summed E-state index contributed by atoms with van der Waals surface area (Å²) in [6.45, 7) is 5.17. The van der Waals surface area contributed by atoms with Crippen LogP contribution in [0.4, 0.5) is 11.6 Å². The summed E-state index contributed by atoms with van der Waals surface area (Å²) >= 11 is 1.79. The fourth-order valence-corrected chi connectivity index (χ4v) is 3.24. The van der Waals surface area contributed by atoms with E-state index in [4.69, 9.17) is 4.98 Å². The second-order valence-electron chi connectivity index (χ2n) is 5.42. The SMILES string of the molecule is CCNc1cc(NC(CC)c2cccs2)nc(C2CC2)n1. The zero-order chi connectivity index (χ0) is 14.7. The van der Waals surface area contributed by atoms with Gasteiger partial charge in [0.05, 0.1) is 6.04 Å². The molecule has 0 amide bonds. The van der Waals surface area contributed by atoms with Gasteiger partial charge in [-0.2, -0.15) is 0 Å². The first-order chi connectivity index (χ1) is 10.3. The van der Waals surface area contributed by atoms with Crippen molar-refractivity contribution in [2.24, 2.45) is 0 Å². The molecule has 3 rings (SSSR count). The third-order valence-corrected chi connectivity index (χ3v) is 4.65. The lowest BCUT2D eigenvalue weighted by molar-refractivity contribution is 0.754. The van der Waals surface area contributed by atoms with E-state index in [1.165, 1.54) is 17.7 Å². The van der Waals surface area contributed by atoms with Gasteiger partial charge in [-0.3, -0.25) is 0 Å². The van der Waals surface area contributed by atoms with Crippen molar-refractivity contribution in [3.05, 3.63) is 34.3 Å². The summed E-state index contributed by atoms with van der Waals surface area (Å²) in [6, 6.07) is 6.62. The Kier molecular flexibility index (Phi) is 4.39. The van der Waals surface area contributed by atoms with Crippen LogP contribution in [0.2, 0.25) is 0 Å². The molecule has 1 aliphatic carbocycles. The molecule has 2 heterocycles. The van der Waals surface area contributed by atoms with E-state index in [2.05, 4.69) is 47.0 Å². The van der Waals surface area contributed by atoms with E-state index in [0.717, 1.165) is 30.4 Å². The van der Waals surface area contributed by atoms with Crippen LogP contribution < -0.4 is 10.6 Å². The highest BCUT2D eigenvalue weighted by atomic mass is 32.1. The minimum absolute atomic E-state index is 0.321. The van der Waals surface area contributed by atoms with Gasteiger partial charge in [0, 0.05) is 23.4 Å². The molecule has 1 fully saturated rings. The number of hydrogen-bond donors (Lipinski definition) is 2. The van der Waals surface area contributed by atoms with E-state index in [0.29, 0.717) is 12.0 Å². The first-order valence-corrected chi connectivity index (χ1v) is 8.61. The van der Waals surface area contributed by atoms with Crippen LogP contribution in [0.15, 0.2) is 23.6 Å². The van der Waals surface area contributed by atoms with E-state index in [-0.39, 0.29) is 0 Å². The Labute approximate surface area is 130 Å². The van der Waals surface area contributed by atoms with Crippen LogP contribution in [0, 0.1) is 0 Å². The van der Waals surface area contributed by atoms with E-state index in [1.807, 2.05) is 6.07 Å². The standard InChI is InChI=1S/C16H22N4S/c1-3-12(13-6-5-9-21-13)18-15-10-14(17-4-2)19-16(20-15)11-7-8-11/h5-6,9-12H,3-4,7-8H2,1-2H3,(H2,17,18,19,20). The average Bonchev–Trinajstić information content (AvgIpc) is 3.21. The van der Waals surface area contributed by atoms with Gasteiger partial charge in [0.15, 0.2) is 0 Å². The molecule has 2 aromatic rings. The van der Waals surface area contributed by atoms with Crippen molar-refractivity contribution in [1.29, 1.82) is 0 Å². The second kappa shape index (κ2) is 6.43. The largest absolute Gasteiger partial charge is 0.370 e. The lowest BCUT2D eigenvalue weighted by Gasteiger charge is -2.17. The molecule has 1 aliphatic rings. The topological polar surface area (TPSA) is 49.8 Å². The van der Waals surface area contributed by atoms with Gasteiger partial charge in [-0.1, -0.05) is 13.0 Å². The fraction of sp³-hybridized carbons (Fsp3) is 0.500. The monoisotopic (exact) mass is 302 g/mol. The highest BCUT2D eigenvalue weighted by Gasteiger charge is 2.27. The number of thiophene rings is 1. The minimum Gasteiger partial charge on any atom is -0.370 e. The summed E-state index contributed by atoms with van der Waals surface area (Å²) < 4.78 is 0. The molecule has 0 spiro atoms. The van der Waals surface area contributed by atoms with Crippen LogP contribution in [0.1, 0.15) is 55.8 Å². The molecule has 0 saturated heterocycles. The predicted octanol–water partition coefficient (Wildman–Crippen LogP) is 4.41. The van der Waals surface area contributed by atoms with Crippen molar-refractivity contribution >= 4 is 23.0 Å². The smallest absolute Gasteiger partial charge is 0.136 e. The normalized spacial score (nSPS) is 15.7. The Morgan fingerprint density at radius 1 is 1.29 bits per heavy atom. The molecule has 4 nitrogen and oxygen atoms in total. The van der Waals surface area contributed by atoms with E-state index >= 15 is 0 Å². The van der Waals surface area contributed by atoms with Crippen molar-refractivity contribution in [3.63, 3.8) is 0 Å². The van der Waals surface area contributed by atoms with Gasteiger partial charge in [0.2, 0.25) is 0 Å². The van der Waals surface area contributed by atoms with Gasteiger partial charge in [-0.15, -0.1) is 11.3 Å². The Morgan fingerprint density at radius 2 is 2.10 bits per heavy atom. The maximum absolute atomic E-state index is 4.72. The quantitative estimate of drug-likeness (QED) is 0.795. The van der Waals surface area contributed by atoms with Gasteiger partial charge in [-0.25, -0.2) is 9.97 Å². The van der Waals surface area contributed by atoms with Crippen molar-refractivity contribution in [2.75, 3.05) is 17.2 Å². The Balaban J connectivity index is 1.82. The van der Waals surface area contributed by atoms with Gasteiger partial charge in [0.25, 0.3) is 0 Å². The third-order valence-electron chi connectivity index (χ3n) is 3.66. The number of rotatable bonds is 7. The molecule has 5 heteroatoms. The van der Waals surface area contributed by atoms with E-state index in [9.17, 15) is 0 Å². The molecule has 0 aliphatic heterocycles. The highest BCUT2D eigenvalue weighted by molar-refractivity contribution is 7.10. The van der Waals surface area contributed by atoms with Crippen LogP contribution in [0.25, 0.3) is 0 Å². The number of aromatic nitrogens is 2. The van der Waals surface area contributed by atoms with Gasteiger partial charge < -0.3 is 10.6 Å². The molecule has 1 saturated carbocycles. The van der Waals surface area contributed by atoms with Crippen LogP contribution in [0.3, 0.4) is 0 Å². The lowest BCUT2D eigenvalue weighted by Crippen LogP contribution is -2.12. The Hall–Kier alpha value is -1.62. The number of nitrogens with one attached hydrogen (secondary N) is 2. The number of hydrogen-bond acceptors (Lipinski definition) is 5. The first-order valence-electron chi connectivity index (χ1n) is 7.73. The molecular formula is C16H22N4S. The van der Waals surface area contributed by atoms with Gasteiger partial charge in [0.1, 0.15) is 17.5 Å². The molecule has 0 bridgehead atoms. The fourth-order valence-electron chi connectivity index (χ4n) is 2.38. The van der Waals surface area contributed by atoms with Crippen LogP contribution in [0.5, 0.6) is 0 Å². The van der Waals surface area contributed by atoms with Crippen LogP contribution in [-0.2, 0) is 0 Å². The Morgan fingerprint density at radius 3 is 2.71 bits per heavy atom. The lowest BCUT2D eigenvalue weighted by atomic mass is 10.2. The number of anilines is 2. The van der Waals surface area contributed by atoms with Crippen molar-refractivity contribution in [2.45, 2.75) is 45.1 Å². The molecule has 2 N–H and O–H groups in total. The molecule has 1 atom stereocenters. The van der Waals surface area contributed by atoms with E-state index in [1.54, 1.807) is 11.3 Å². The zero-order valence-corrected chi connectivity index (χ0v) is 13.4. The van der Waals surface area contributed by atoms with Crippen LogP contribution in [-0.4, -0.2) is 16.5 Å². The number of nitrogens with zero attached hydrogens (tertiary/aromatic N) is 2. The van der Waals surface area contributed by atoms with Crippen molar-refractivity contribution < 1.29 is 0 Å². The van der Waals surface area contributed by atoms with Gasteiger partial charge in [-0.05, 0) is 37.6 Å². The highest BCUT2D eigenvalue weighted by Crippen LogP contribution is 2.39. The molecule has 1 unspecified atom stereocenters. The molecule has 112 valence electrons. The summed E-state index contributed by atoms with van der Waals surface area (Å²) in [5, 5.41) is 9.01. The molecule has 0 aromatic carbocycles. The molecule has 2 aromatic heterocycles. The summed E-state index contributed by atoms with van der Waals surface area (Å²) in [7, 11) is 0. The summed E-state index contributed by atoms with van der Waals surface area (Å²) in [4.78, 5) is 10.7. The zero-order valence-electron chi connectivity index (χ0n) is 12.6. The van der Waals surface area contributed by atoms with E-state index < -0.39 is 0 Å². The molecule has 21 heavy (non-hydrogen) atoms. The summed E-state index contributed by atoms with van der Waals surface area (Å²) in [5.74, 6) is 3.41. The molecular weight excluding hydrogens is 280 g/mol. The first kappa shape index (κ1) is 14.3. The van der Waals surface area contributed by atoms with Crippen molar-refractivity contribution in [1.82, 2.24) is 9.97 Å². The minimum atomic E-state index is 0.321. The maximum Gasteiger partial charge on any atom is 0.136 e. The maximum atomic E-state index is 4.72. The second-order valence-corrected chi connectivity index (χ2v) is 6.40. The van der Waals surface area contributed by atoms with Gasteiger partial charge >= 0.3 is 0 Å². The average molecular weight is 302 g/mol. The molecule has 0 radical (unpaired) electrons.